The Bertz CT molecular complexity index is 1980. The first kappa shape index (κ1) is 46.1. The second-order valence-electron chi connectivity index (χ2n) is 12.7. The fourth-order valence-corrected chi connectivity index (χ4v) is 6.80. The van der Waals surface area contributed by atoms with E-state index in [4.69, 9.17) is 24.5 Å². The monoisotopic (exact) mass is 850 g/mol. The molecule has 19 nitrogen and oxygen atoms in total. The summed E-state index contributed by atoms with van der Waals surface area (Å²) in [4.78, 5) is 50.7. The van der Waals surface area contributed by atoms with E-state index in [-0.39, 0.29) is 54.1 Å². The predicted molar refractivity (Wildman–Crippen MR) is 206 cm³/mol. The van der Waals surface area contributed by atoms with Crippen molar-refractivity contribution < 1.29 is 54.9 Å². The number of esters is 1. The molecular formula is C36H45F3N10O9S. The second-order valence-corrected chi connectivity index (χ2v) is 14.4. The van der Waals surface area contributed by atoms with Crippen LogP contribution >= 0.6 is 0 Å². The van der Waals surface area contributed by atoms with Crippen LogP contribution in [0, 0.1) is 0 Å². The van der Waals surface area contributed by atoms with Crippen LogP contribution in [0.15, 0.2) is 70.9 Å². The van der Waals surface area contributed by atoms with Crippen LogP contribution in [0.1, 0.15) is 39.1 Å². The maximum atomic E-state index is 14.0. The summed E-state index contributed by atoms with van der Waals surface area (Å²) in [6.45, 7) is 2.16. The van der Waals surface area contributed by atoms with Crippen molar-refractivity contribution in [1.29, 1.82) is 0 Å². The Hall–Kier alpha value is -5.58. The minimum atomic E-state index is -4.78. The number of hydrogen-bond acceptors (Lipinski definition) is 14. The number of halogens is 3. The van der Waals surface area contributed by atoms with Crippen molar-refractivity contribution in [1.82, 2.24) is 25.3 Å². The minimum Gasteiger partial charge on any atom is -0.468 e. The maximum Gasteiger partial charge on any atom is 0.416 e. The molecule has 1 fully saturated rings. The zero-order valence-corrected chi connectivity index (χ0v) is 32.8. The van der Waals surface area contributed by atoms with E-state index in [0.717, 1.165) is 25.3 Å². The van der Waals surface area contributed by atoms with Gasteiger partial charge in [0, 0.05) is 72.9 Å². The molecule has 0 unspecified atom stereocenters. The maximum absolute atomic E-state index is 14.0. The zero-order chi connectivity index (χ0) is 42.7. The second kappa shape index (κ2) is 23.1. The summed E-state index contributed by atoms with van der Waals surface area (Å²) in [5.41, 5.74) is 7.07. The van der Waals surface area contributed by atoms with Gasteiger partial charge in [-0.2, -0.15) is 17.9 Å². The van der Waals surface area contributed by atoms with Gasteiger partial charge < -0.3 is 39.8 Å². The number of nitrogens with zero attached hydrogens (tertiary/aromatic N) is 6. The Morgan fingerprint density at radius 2 is 1.54 bits per heavy atom. The molecule has 2 amide bonds. The van der Waals surface area contributed by atoms with Gasteiger partial charge in [0.05, 0.1) is 57.2 Å². The van der Waals surface area contributed by atoms with Crippen molar-refractivity contribution in [3.05, 3.63) is 88.1 Å². The molecule has 2 heterocycles. The number of carbonyl (C=O) groups is 3. The molecule has 320 valence electrons. The number of aromatic nitrogens is 2. The fraction of sp³-hybridized carbons (Fsp3) is 0.472. The highest BCUT2D eigenvalue weighted by Crippen LogP contribution is 2.34. The number of amides is 2. The summed E-state index contributed by atoms with van der Waals surface area (Å²) in [7, 11) is -3.44. The SMILES string of the molecule is COC(=O)[C@H](CNC(=O)c1cc(N2CCC(Nc3ncccn3)CC2)cc(C(F)(F)F)c1)NS(=O)(=O)c1ccc(C(=O)NCCOCCOCCOCCN=[N+]=[N-])cc1. The van der Waals surface area contributed by atoms with Gasteiger partial charge in [-0.15, -0.1) is 0 Å². The van der Waals surface area contributed by atoms with Crippen molar-refractivity contribution in [2.75, 3.05) is 89.7 Å². The zero-order valence-electron chi connectivity index (χ0n) is 32.0. The largest absolute Gasteiger partial charge is 0.468 e. The number of hydrogen-bond donors (Lipinski definition) is 4. The van der Waals surface area contributed by atoms with E-state index in [0.29, 0.717) is 64.4 Å². The average molecular weight is 851 g/mol. The number of methoxy groups -OCH3 is 1. The highest BCUT2D eigenvalue weighted by Gasteiger charge is 2.33. The Kier molecular flexibility index (Phi) is 18.1. The molecule has 0 saturated carbocycles. The number of nitrogens with one attached hydrogen (secondary N) is 4. The number of rotatable bonds is 23. The van der Waals surface area contributed by atoms with Crippen LogP contribution < -0.4 is 25.6 Å². The minimum absolute atomic E-state index is 0.0189. The average Bonchev–Trinajstić information content (AvgIpc) is 3.23. The molecule has 1 saturated heterocycles. The van der Waals surface area contributed by atoms with Crippen molar-refractivity contribution in [3.63, 3.8) is 0 Å². The lowest BCUT2D eigenvalue weighted by Gasteiger charge is -2.34. The number of alkyl halides is 3. The first-order valence-electron chi connectivity index (χ1n) is 18.3. The summed E-state index contributed by atoms with van der Waals surface area (Å²) < 4.78 is 91.2. The van der Waals surface area contributed by atoms with E-state index in [2.05, 4.69) is 40.7 Å². The number of anilines is 2. The number of sulfonamides is 1. The Balaban J connectivity index is 1.28. The van der Waals surface area contributed by atoms with Gasteiger partial charge in [-0.1, -0.05) is 5.11 Å². The summed E-state index contributed by atoms with van der Waals surface area (Å²) >= 11 is 0. The van der Waals surface area contributed by atoms with Gasteiger partial charge in [0.25, 0.3) is 11.8 Å². The Labute approximate surface area is 338 Å². The van der Waals surface area contributed by atoms with Gasteiger partial charge in [0.1, 0.15) is 6.04 Å². The summed E-state index contributed by atoms with van der Waals surface area (Å²) in [6, 6.07) is 7.70. The Morgan fingerprint density at radius 1 is 0.915 bits per heavy atom. The molecule has 1 aliphatic rings. The van der Waals surface area contributed by atoms with Gasteiger partial charge in [0.2, 0.25) is 16.0 Å². The molecular weight excluding hydrogens is 806 g/mol. The highest BCUT2D eigenvalue weighted by atomic mass is 32.2. The summed E-state index contributed by atoms with van der Waals surface area (Å²) in [6.07, 6.45) is -0.490. The molecule has 1 atom stereocenters. The highest BCUT2D eigenvalue weighted by molar-refractivity contribution is 7.89. The van der Waals surface area contributed by atoms with Gasteiger partial charge in [-0.25, -0.2) is 18.4 Å². The molecule has 4 rings (SSSR count). The number of ether oxygens (including phenoxy) is 4. The van der Waals surface area contributed by atoms with E-state index in [1.807, 2.05) is 0 Å². The van der Waals surface area contributed by atoms with Crippen LogP contribution in [0.3, 0.4) is 0 Å². The Morgan fingerprint density at radius 3 is 2.17 bits per heavy atom. The number of azide groups is 1. The van der Waals surface area contributed by atoms with E-state index < -0.39 is 52.1 Å². The van der Waals surface area contributed by atoms with Gasteiger partial charge in [0.15, 0.2) is 0 Å². The normalized spacial score (nSPS) is 13.9. The number of benzene rings is 2. The van der Waals surface area contributed by atoms with Crippen LogP contribution in [-0.4, -0.2) is 128 Å². The quantitative estimate of drug-likeness (QED) is 0.0353. The topological polar surface area (TPSA) is 248 Å². The van der Waals surface area contributed by atoms with Gasteiger partial charge in [-0.3, -0.25) is 14.4 Å². The third kappa shape index (κ3) is 15.3. The fourth-order valence-electron chi connectivity index (χ4n) is 5.61. The first-order chi connectivity index (χ1) is 28.3. The molecule has 1 aliphatic heterocycles. The van der Waals surface area contributed by atoms with Crippen LogP contribution in [0.25, 0.3) is 10.4 Å². The molecule has 3 aromatic rings. The van der Waals surface area contributed by atoms with Crippen molar-refractivity contribution >= 4 is 39.4 Å². The third-order valence-corrected chi connectivity index (χ3v) is 10.1. The van der Waals surface area contributed by atoms with Crippen LogP contribution in [0.5, 0.6) is 0 Å². The predicted octanol–water partition coefficient (Wildman–Crippen LogP) is 2.92. The molecule has 2 aromatic carbocycles. The third-order valence-electron chi connectivity index (χ3n) is 8.62. The van der Waals surface area contributed by atoms with Crippen LogP contribution in [0.2, 0.25) is 0 Å². The molecule has 0 bridgehead atoms. The molecule has 0 radical (unpaired) electrons. The number of carbonyl (C=O) groups excluding carboxylic acids is 3. The molecule has 0 spiro atoms. The standard InChI is InChI=1S/C36H45F3N10O9S/c1-55-34(52)31(47-59(53,54)30-5-3-25(4-6-30)32(50)41-11-15-56-17-19-58-20-18-57-16-12-45-48-40)24-44-33(51)26-21-27(36(37,38)39)23-29(22-26)49-13-7-28(8-14-49)46-35-42-9-2-10-43-35/h2-6,9-10,21-23,28,31,47H,7-8,11-20,24H2,1H3,(H,41,50)(H,44,51)(H,42,43,46)/t31-/m0/s1. The van der Waals surface area contributed by atoms with Crippen molar-refractivity contribution in [2.24, 2.45) is 5.11 Å². The lowest BCUT2D eigenvalue weighted by atomic mass is 10.0. The molecule has 1 aromatic heterocycles. The van der Waals surface area contributed by atoms with Gasteiger partial charge >= 0.3 is 12.1 Å². The van der Waals surface area contributed by atoms with Crippen molar-refractivity contribution in [3.8, 4) is 0 Å². The van der Waals surface area contributed by atoms with E-state index in [9.17, 15) is 36.0 Å². The first-order valence-corrected chi connectivity index (χ1v) is 19.8. The van der Waals surface area contributed by atoms with E-state index in [1.165, 1.54) is 18.2 Å². The van der Waals surface area contributed by atoms with Gasteiger partial charge in [-0.05, 0) is 66.9 Å². The smallest absolute Gasteiger partial charge is 0.416 e. The lowest BCUT2D eigenvalue weighted by Crippen LogP contribution is -2.48. The molecule has 4 N–H and O–H groups in total. The summed E-state index contributed by atoms with van der Waals surface area (Å²) in [5.74, 6) is -2.13. The van der Waals surface area contributed by atoms with E-state index >= 15 is 0 Å². The molecule has 0 aliphatic carbocycles. The van der Waals surface area contributed by atoms with Crippen LogP contribution in [0.4, 0.5) is 24.8 Å². The summed E-state index contributed by atoms with van der Waals surface area (Å²) in [5, 5.41) is 11.5. The van der Waals surface area contributed by atoms with E-state index in [1.54, 1.807) is 23.4 Å². The molecule has 23 heteroatoms. The molecule has 59 heavy (non-hydrogen) atoms. The van der Waals surface area contributed by atoms with Crippen LogP contribution in [-0.2, 0) is 39.9 Å². The van der Waals surface area contributed by atoms with Crippen molar-refractivity contribution in [2.45, 2.75) is 36.0 Å². The number of piperidine rings is 1. The lowest BCUT2D eigenvalue weighted by molar-refractivity contribution is -0.142.